The van der Waals surface area contributed by atoms with E-state index < -0.39 is 5.56 Å². The topological polar surface area (TPSA) is 93.0 Å². The van der Waals surface area contributed by atoms with Crippen molar-refractivity contribution in [1.29, 1.82) is 0 Å². The lowest BCUT2D eigenvalue weighted by atomic mass is 10.0. The SMILES string of the molecule is O=c1[nH]cnc(CCc2ccc(C#Cc3cnn(CC4CCOCC4)c3)cc2)c1O. The number of hydrogen-bond acceptors (Lipinski definition) is 5. The van der Waals surface area contributed by atoms with Gasteiger partial charge in [-0.25, -0.2) is 4.98 Å². The zero-order chi connectivity index (χ0) is 20.8. The zero-order valence-corrected chi connectivity index (χ0v) is 16.7. The van der Waals surface area contributed by atoms with Crippen LogP contribution in [0.4, 0.5) is 0 Å². The molecule has 2 N–H and O–H groups in total. The molecule has 0 saturated carbocycles. The molecular weight excluding hydrogens is 380 g/mol. The Kier molecular flexibility index (Phi) is 6.26. The highest BCUT2D eigenvalue weighted by molar-refractivity contribution is 5.42. The van der Waals surface area contributed by atoms with E-state index >= 15 is 0 Å². The fourth-order valence-corrected chi connectivity index (χ4v) is 3.50. The average molecular weight is 404 g/mol. The van der Waals surface area contributed by atoms with E-state index in [0.29, 0.717) is 24.5 Å². The second kappa shape index (κ2) is 9.42. The van der Waals surface area contributed by atoms with Gasteiger partial charge >= 0.3 is 0 Å². The summed E-state index contributed by atoms with van der Waals surface area (Å²) >= 11 is 0. The molecule has 0 bridgehead atoms. The number of benzene rings is 1. The van der Waals surface area contributed by atoms with Crippen molar-refractivity contribution in [1.82, 2.24) is 19.7 Å². The molecule has 1 aliphatic rings. The highest BCUT2D eigenvalue weighted by Gasteiger charge is 2.14. The summed E-state index contributed by atoms with van der Waals surface area (Å²) in [5.74, 6) is 6.66. The molecule has 0 spiro atoms. The third-order valence-electron chi connectivity index (χ3n) is 5.28. The minimum Gasteiger partial charge on any atom is -0.502 e. The molecule has 3 heterocycles. The highest BCUT2D eigenvalue weighted by Crippen LogP contribution is 2.16. The number of aromatic amines is 1. The largest absolute Gasteiger partial charge is 0.502 e. The molecule has 1 saturated heterocycles. The van der Waals surface area contributed by atoms with Crippen LogP contribution in [0.3, 0.4) is 0 Å². The van der Waals surface area contributed by atoms with E-state index in [1.165, 1.54) is 6.33 Å². The summed E-state index contributed by atoms with van der Waals surface area (Å²) < 4.78 is 7.38. The molecule has 0 amide bonds. The van der Waals surface area contributed by atoms with Gasteiger partial charge in [0.1, 0.15) is 0 Å². The van der Waals surface area contributed by atoms with Crippen LogP contribution in [0.1, 0.15) is 35.2 Å². The first kappa shape index (κ1) is 19.9. The Hall–Kier alpha value is -3.37. The van der Waals surface area contributed by atoms with Crippen LogP contribution in [0.5, 0.6) is 5.75 Å². The number of aromatic nitrogens is 4. The van der Waals surface area contributed by atoms with Crippen LogP contribution in [0.25, 0.3) is 0 Å². The summed E-state index contributed by atoms with van der Waals surface area (Å²) in [6, 6.07) is 7.95. The lowest BCUT2D eigenvalue weighted by Gasteiger charge is -2.21. The monoisotopic (exact) mass is 404 g/mol. The van der Waals surface area contributed by atoms with Gasteiger partial charge in [0, 0.05) is 31.5 Å². The average Bonchev–Trinajstić information content (AvgIpc) is 3.22. The molecule has 4 rings (SSSR count). The van der Waals surface area contributed by atoms with Gasteiger partial charge in [-0.3, -0.25) is 9.48 Å². The summed E-state index contributed by atoms with van der Waals surface area (Å²) in [5.41, 5.74) is 2.81. The zero-order valence-electron chi connectivity index (χ0n) is 16.7. The van der Waals surface area contributed by atoms with Gasteiger partial charge in [-0.2, -0.15) is 5.10 Å². The molecule has 1 fully saturated rings. The lowest BCUT2D eigenvalue weighted by Crippen LogP contribution is -2.20. The van der Waals surface area contributed by atoms with Gasteiger partial charge < -0.3 is 14.8 Å². The third-order valence-corrected chi connectivity index (χ3v) is 5.28. The van der Waals surface area contributed by atoms with E-state index in [2.05, 4.69) is 26.9 Å². The van der Waals surface area contributed by atoms with E-state index in [0.717, 1.165) is 49.3 Å². The molecule has 1 aromatic carbocycles. The van der Waals surface area contributed by atoms with Crippen molar-refractivity contribution in [3.05, 3.63) is 75.7 Å². The Morgan fingerprint density at radius 1 is 1.13 bits per heavy atom. The number of ether oxygens (including phenoxy) is 1. The van der Waals surface area contributed by atoms with Crippen molar-refractivity contribution < 1.29 is 9.84 Å². The number of H-pyrrole nitrogens is 1. The molecule has 154 valence electrons. The van der Waals surface area contributed by atoms with Gasteiger partial charge in [-0.1, -0.05) is 24.0 Å². The molecule has 7 heteroatoms. The number of hydrogen-bond donors (Lipinski definition) is 2. The van der Waals surface area contributed by atoms with Crippen LogP contribution in [0.15, 0.2) is 47.8 Å². The second-order valence-electron chi connectivity index (χ2n) is 7.48. The smallest absolute Gasteiger partial charge is 0.293 e. The molecule has 0 unspecified atom stereocenters. The maximum Gasteiger partial charge on any atom is 0.293 e. The van der Waals surface area contributed by atoms with Crippen LogP contribution in [0.2, 0.25) is 0 Å². The number of nitrogens with zero attached hydrogens (tertiary/aromatic N) is 3. The van der Waals surface area contributed by atoms with Crippen LogP contribution in [-0.2, 0) is 24.1 Å². The van der Waals surface area contributed by atoms with Gasteiger partial charge in [-0.05, 0) is 49.3 Å². The highest BCUT2D eigenvalue weighted by atomic mass is 16.5. The first-order valence-electron chi connectivity index (χ1n) is 10.1. The van der Waals surface area contributed by atoms with Crippen molar-refractivity contribution in [2.75, 3.05) is 13.2 Å². The number of aromatic hydroxyl groups is 1. The van der Waals surface area contributed by atoms with E-state index in [-0.39, 0.29) is 5.75 Å². The predicted molar refractivity (Wildman–Crippen MR) is 112 cm³/mol. The van der Waals surface area contributed by atoms with Crippen molar-refractivity contribution in [3.8, 4) is 17.6 Å². The van der Waals surface area contributed by atoms with Gasteiger partial charge in [-0.15, -0.1) is 0 Å². The molecule has 0 aliphatic carbocycles. The maximum absolute atomic E-state index is 11.4. The normalized spacial score (nSPS) is 14.3. The molecule has 30 heavy (non-hydrogen) atoms. The Morgan fingerprint density at radius 3 is 2.70 bits per heavy atom. The molecular formula is C23H24N4O3. The van der Waals surface area contributed by atoms with E-state index in [4.69, 9.17) is 4.74 Å². The Bertz CT molecular complexity index is 1100. The lowest BCUT2D eigenvalue weighted by molar-refractivity contribution is 0.0601. The third kappa shape index (κ3) is 5.16. The quantitative estimate of drug-likeness (QED) is 0.637. The van der Waals surface area contributed by atoms with Crippen LogP contribution >= 0.6 is 0 Å². The van der Waals surface area contributed by atoms with Crippen LogP contribution < -0.4 is 5.56 Å². The van der Waals surface area contributed by atoms with Gasteiger partial charge in [0.2, 0.25) is 5.75 Å². The summed E-state index contributed by atoms with van der Waals surface area (Å²) in [4.78, 5) is 17.8. The second-order valence-corrected chi connectivity index (χ2v) is 7.48. The molecule has 0 atom stereocenters. The van der Waals surface area contributed by atoms with Gasteiger partial charge in [0.15, 0.2) is 0 Å². The Balaban J connectivity index is 1.33. The summed E-state index contributed by atoms with van der Waals surface area (Å²) in [6.45, 7) is 2.60. The predicted octanol–water partition coefficient (Wildman–Crippen LogP) is 2.28. The number of aryl methyl sites for hydroxylation is 2. The summed E-state index contributed by atoms with van der Waals surface area (Å²) in [7, 11) is 0. The molecule has 1 aliphatic heterocycles. The Labute approximate surface area is 174 Å². The van der Waals surface area contributed by atoms with Crippen LogP contribution in [0, 0.1) is 17.8 Å². The molecule has 2 aromatic heterocycles. The van der Waals surface area contributed by atoms with Gasteiger partial charge in [0.05, 0.1) is 23.8 Å². The fourth-order valence-electron chi connectivity index (χ4n) is 3.50. The first-order chi connectivity index (χ1) is 14.7. The van der Waals surface area contributed by atoms with Crippen LogP contribution in [-0.4, -0.2) is 38.1 Å². The van der Waals surface area contributed by atoms with Gasteiger partial charge in [0.25, 0.3) is 5.56 Å². The summed E-state index contributed by atoms with van der Waals surface area (Å²) in [6.07, 6.45) is 8.46. The maximum atomic E-state index is 11.4. The van der Waals surface area contributed by atoms with E-state index in [9.17, 15) is 9.90 Å². The first-order valence-corrected chi connectivity index (χ1v) is 10.1. The number of nitrogens with one attached hydrogen (secondary N) is 1. The fraction of sp³-hybridized carbons (Fsp3) is 0.348. The molecule has 0 radical (unpaired) electrons. The summed E-state index contributed by atoms with van der Waals surface area (Å²) in [5, 5.41) is 14.2. The Morgan fingerprint density at radius 2 is 1.90 bits per heavy atom. The number of rotatable bonds is 5. The molecule has 7 nitrogen and oxygen atoms in total. The van der Waals surface area contributed by atoms with Crippen molar-refractivity contribution in [3.63, 3.8) is 0 Å². The van der Waals surface area contributed by atoms with Crippen molar-refractivity contribution in [2.24, 2.45) is 5.92 Å². The minimum absolute atomic E-state index is 0.308. The van der Waals surface area contributed by atoms with Crippen molar-refractivity contribution >= 4 is 0 Å². The van der Waals surface area contributed by atoms with E-state index in [1.807, 2.05) is 41.3 Å². The molecule has 3 aromatic rings. The van der Waals surface area contributed by atoms with E-state index in [1.54, 1.807) is 0 Å². The minimum atomic E-state index is -0.512. The standard InChI is InChI=1S/C23H24N4O3/c28-22-21(24-16-25-23(22)29)8-7-18-3-1-17(2-4-18)5-6-20-13-26-27(15-20)14-19-9-11-30-12-10-19/h1-4,13,15-16,19,28H,7-12,14H2,(H,24,25,29). The van der Waals surface area contributed by atoms with Crippen molar-refractivity contribution in [2.45, 2.75) is 32.2 Å².